The van der Waals surface area contributed by atoms with E-state index in [2.05, 4.69) is 24.0 Å². The fourth-order valence-electron chi connectivity index (χ4n) is 1.86. The van der Waals surface area contributed by atoms with Crippen LogP contribution in [0, 0.1) is 13.8 Å². The maximum atomic E-state index is 5.98. The highest BCUT2D eigenvalue weighted by Crippen LogP contribution is 2.24. The first kappa shape index (κ1) is 14.7. The second-order valence-corrected chi connectivity index (χ2v) is 6.49. The number of aryl methyl sites for hydroxylation is 2. The smallest absolute Gasteiger partial charge is 0.210 e. The number of rotatable bonds is 5. The van der Waals surface area contributed by atoms with Gasteiger partial charge >= 0.3 is 0 Å². The Labute approximate surface area is 123 Å². The van der Waals surface area contributed by atoms with Gasteiger partial charge in [0.1, 0.15) is 12.4 Å². The third-order valence-electron chi connectivity index (χ3n) is 2.83. The molecule has 0 amide bonds. The summed E-state index contributed by atoms with van der Waals surface area (Å²) >= 11 is 1.58. The fourth-order valence-corrected chi connectivity index (χ4v) is 2.59. The average molecular weight is 292 g/mol. The van der Waals surface area contributed by atoms with Crippen molar-refractivity contribution in [3.05, 3.63) is 35.2 Å². The molecule has 0 bridgehead atoms. The van der Waals surface area contributed by atoms with Crippen molar-refractivity contribution in [3.63, 3.8) is 0 Å². The van der Waals surface area contributed by atoms with Gasteiger partial charge in [0.2, 0.25) is 5.16 Å². The van der Waals surface area contributed by atoms with Crippen LogP contribution in [0.3, 0.4) is 0 Å². The van der Waals surface area contributed by atoms with E-state index in [9.17, 15) is 0 Å². The number of nitrogens with zero attached hydrogens (tertiary/aromatic N) is 3. The molecule has 0 fully saturated rings. The van der Waals surface area contributed by atoms with Crippen LogP contribution in [0.2, 0.25) is 0 Å². The minimum Gasteiger partial charge on any atom is -0.485 e. The van der Waals surface area contributed by atoms with Crippen molar-refractivity contribution in [2.75, 3.05) is 5.84 Å². The fraction of sp³-hybridized carbons (Fsp3) is 0.429. The Morgan fingerprint density at radius 3 is 2.50 bits per heavy atom. The number of para-hydroxylation sites is 1. The van der Waals surface area contributed by atoms with E-state index in [4.69, 9.17) is 10.6 Å². The molecule has 0 radical (unpaired) electrons. The number of nitrogens with two attached hydrogens (primary N) is 1. The number of aromatic nitrogens is 3. The van der Waals surface area contributed by atoms with E-state index in [1.165, 1.54) is 4.68 Å². The molecule has 2 N–H and O–H groups in total. The Hall–Kier alpha value is -1.69. The number of hydrogen-bond donors (Lipinski definition) is 1. The Morgan fingerprint density at radius 1 is 1.25 bits per heavy atom. The molecular formula is C14H20N4OS. The maximum Gasteiger partial charge on any atom is 0.210 e. The molecule has 6 heteroatoms. The first-order valence-electron chi connectivity index (χ1n) is 6.54. The van der Waals surface area contributed by atoms with E-state index >= 15 is 0 Å². The summed E-state index contributed by atoms with van der Waals surface area (Å²) in [5.74, 6) is 7.49. The van der Waals surface area contributed by atoms with Gasteiger partial charge in [0.25, 0.3) is 0 Å². The quantitative estimate of drug-likeness (QED) is 0.678. The van der Waals surface area contributed by atoms with Crippen molar-refractivity contribution in [2.24, 2.45) is 0 Å². The highest BCUT2D eigenvalue weighted by atomic mass is 32.2. The SMILES string of the molecule is Cc1cccc(C)c1OCc1nnc(SC(C)C)n1N. The molecule has 1 aromatic carbocycles. The molecule has 0 aliphatic carbocycles. The van der Waals surface area contributed by atoms with Gasteiger partial charge in [-0.3, -0.25) is 0 Å². The standard InChI is InChI=1S/C14H20N4OS/c1-9(2)20-14-17-16-12(18(14)15)8-19-13-10(3)6-5-7-11(13)4/h5-7,9H,8,15H2,1-4H3. The highest BCUT2D eigenvalue weighted by molar-refractivity contribution is 7.99. The van der Waals surface area contributed by atoms with Crippen LogP contribution in [-0.2, 0) is 6.61 Å². The lowest BCUT2D eigenvalue weighted by Gasteiger charge is -2.11. The summed E-state index contributed by atoms with van der Waals surface area (Å²) < 4.78 is 7.34. The summed E-state index contributed by atoms with van der Waals surface area (Å²) in [4.78, 5) is 0. The zero-order chi connectivity index (χ0) is 14.7. The van der Waals surface area contributed by atoms with Crippen LogP contribution in [-0.4, -0.2) is 20.1 Å². The third-order valence-corrected chi connectivity index (χ3v) is 3.79. The minimum atomic E-state index is 0.313. The van der Waals surface area contributed by atoms with Crippen molar-refractivity contribution in [2.45, 2.75) is 44.7 Å². The summed E-state index contributed by atoms with van der Waals surface area (Å²) in [5.41, 5.74) is 2.20. The van der Waals surface area contributed by atoms with Gasteiger partial charge in [-0.2, -0.15) is 0 Å². The van der Waals surface area contributed by atoms with E-state index < -0.39 is 0 Å². The van der Waals surface area contributed by atoms with Crippen molar-refractivity contribution < 1.29 is 4.74 Å². The normalized spacial score (nSPS) is 11.1. The lowest BCUT2D eigenvalue weighted by molar-refractivity contribution is 0.288. The molecule has 0 spiro atoms. The average Bonchev–Trinajstić information content (AvgIpc) is 2.70. The topological polar surface area (TPSA) is 66.0 Å². The second-order valence-electron chi connectivity index (χ2n) is 4.95. The Balaban J connectivity index is 2.10. The van der Waals surface area contributed by atoms with Crippen LogP contribution in [0.15, 0.2) is 23.4 Å². The number of benzene rings is 1. The van der Waals surface area contributed by atoms with Crippen LogP contribution in [0.4, 0.5) is 0 Å². The molecule has 2 rings (SSSR count). The van der Waals surface area contributed by atoms with Gasteiger partial charge in [-0.05, 0) is 25.0 Å². The zero-order valence-electron chi connectivity index (χ0n) is 12.3. The van der Waals surface area contributed by atoms with Crippen molar-refractivity contribution in [1.82, 2.24) is 14.9 Å². The summed E-state index contributed by atoms with van der Waals surface area (Å²) in [7, 11) is 0. The van der Waals surface area contributed by atoms with Gasteiger partial charge in [-0.1, -0.05) is 43.8 Å². The number of nitrogen functional groups attached to an aromatic ring is 1. The molecule has 0 atom stereocenters. The predicted octanol–water partition coefficient (Wildman–Crippen LogP) is 2.69. The van der Waals surface area contributed by atoms with E-state index in [0.29, 0.717) is 22.8 Å². The zero-order valence-corrected chi connectivity index (χ0v) is 13.1. The van der Waals surface area contributed by atoms with Gasteiger partial charge in [-0.15, -0.1) is 10.2 Å². The lowest BCUT2D eigenvalue weighted by Crippen LogP contribution is -2.16. The monoisotopic (exact) mass is 292 g/mol. The summed E-state index contributed by atoms with van der Waals surface area (Å²) in [6.07, 6.45) is 0. The second kappa shape index (κ2) is 6.17. The van der Waals surface area contributed by atoms with Gasteiger partial charge < -0.3 is 10.6 Å². The van der Waals surface area contributed by atoms with Crippen molar-refractivity contribution in [3.8, 4) is 5.75 Å². The molecule has 1 heterocycles. The van der Waals surface area contributed by atoms with E-state index in [1.54, 1.807) is 11.8 Å². The molecule has 0 saturated heterocycles. The lowest BCUT2D eigenvalue weighted by atomic mass is 10.1. The molecule has 1 aromatic heterocycles. The predicted molar refractivity (Wildman–Crippen MR) is 81.4 cm³/mol. The minimum absolute atomic E-state index is 0.313. The number of ether oxygens (including phenoxy) is 1. The number of thioether (sulfide) groups is 1. The van der Waals surface area contributed by atoms with Crippen LogP contribution in [0.5, 0.6) is 5.75 Å². The first-order chi connectivity index (χ1) is 9.49. The van der Waals surface area contributed by atoms with Gasteiger partial charge in [0.15, 0.2) is 5.82 Å². The van der Waals surface area contributed by atoms with Crippen molar-refractivity contribution >= 4 is 11.8 Å². The van der Waals surface area contributed by atoms with Gasteiger partial charge in [0, 0.05) is 5.25 Å². The van der Waals surface area contributed by atoms with Gasteiger partial charge in [0.05, 0.1) is 0 Å². The first-order valence-corrected chi connectivity index (χ1v) is 7.42. The Morgan fingerprint density at radius 2 is 1.90 bits per heavy atom. The highest BCUT2D eigenvalue weighted by Gasteiger charge is 2.13. The largest absolute Gasteiger partial charge is 0.485 e. The van der Waals surface area contributed by atoms with Crippen LogP contribution >= 0.6 is 11.8 Å². The Bertz CT molecular complexity index is 575. The van der Waals surface area contributed by atoms with Crippen LogP contribution in [0.25, 0.3) is 0 Å². The Kier molecular flexibility index (Phi) is 4.54. The van der Waals surface area contributed by atoms with Crippen molar-refractivity contribution in [1.29, 1.82) is 0 Å². The molecule has 0 unspecified atom stereocenters. The van der Waals surface area contributed by atoms with E-state index in [1.807, 2.05) is 32.0 Å². The number of hydrogen-bond acceptors (Lipinski definition) is 5. The van der Waals surface area contributed by atoms with Gasteiger partial charge in [-0.25, -0.2) is 4.68 Å². The maximum absolute atomic E-state index is 5.98. The third kappa shape index (κ3) is 3.25. The molecular weight excluding hydrogens is 272 g/mol. The molecule has 0 saturated carbocycles. The summed E-state index contributed by atoms with van der Waals surface area (Å²) in [5, 5.41) is 9.29. The summed E-state index contributed by atoms with van der Waals surface area (Å²) in [6.45, 7) is 8.54. The molecule has 2 aromatic rings. The molecule has 5 nitrogen and oxygen atoms in total. The van der Waals surface area contributed by atoms with E-state index in [-0.39, 0.29) is 0 Å². The van der Waals surface area contributed by atoms with E-state index in [0.717, 1.165) is 16.9 Å². The molecule has 0 aliphatic heterocycles. The van der Waals surface area contributed by atoms with Crippen LogP contribution < -0.4 is 10.6 Å². The van der Waals surface area contributed by atoms with Crippen LogP contribution in [0.1, 0.15) is 30.8 Å². The summed E-state index contributed by atoms with van der Waals surface area (Å²) in [6, 6.07) is 6.06. The molecule has 20 heavy (non-hydrogen) atoms. The molecule has 108 valence electrons. The molecule has 0 aliphatic rings.